The maximum absolute atomic E-state index is 5.80. The zero-order valence-corrected chi connectivity index (χ0v) is 12.0. The molecule has 1 aromatic rings. The molecule has 1 fully saturated rings. The normalized spacial score (nSPS) is 14.9. The number of rotatable bonds is 9. The van der Waals surface area contributed by atoms with Gasteiger partial charge in [0, 0.05) is 19.6 Å². The largest absolute Gasteiger partial charge is 0.492 e. The molecule has 1 aliphatic carbocycles. The number of ether oxygens (including phenoxy) is 1. The van der Waals surface area contributed by atoms with Gasteiger partial charge < -0.3 is 10.5 Å². The Bertz CT molecular complexity index is 360. The SMILES string of the molecule is CCCN(CCOc1ccc(CN)cc1)CC1CC1. The highest BCUT2D eigenvalue weighted by Gasteiger charge is 2.23. The van der Waals surface area contributed by atoms with Crippen molar-refractivity contribution in [2.45, 2.75) is 32.7 Å². The topological polar surface area (TPSA) is 38.5 Å². The smallest absolute Gasteiger partial charge is 0.119 e. The van der Waals surface area contributed by atoms with Crippen LogP contribution in [0.4, 0.5) is 0 Å². The van der Waals surface area contributed by atoms with Crippen molar-refractivity contribution in [3.05, 3.63) is 29.8 Å². The van der Waals surface area contributed by atoms with Gasteiger partial charge in [0.2, 0.25) is 0 Å². The van der Waals surface area contributed by atoms with Crippen LogP contribution >= 0.6 is 0 Å². The lowest BCUT2D eigenvalue weighted by Gasteiger charge is -2.21. The predicted molar refractivity (Wildman–Crippen MR) is 79.3 cm³/mol. The van der Waals surface area contributed by atoms with E-state index in [1.54, 1.807) is 0 Å². The van der Waals surface area contributed by atoms with Crippen LogP contribution in [0.2, 0.25) is 0 Å². The molecule has 1 aromatic carbocycles. The van der Waals surface area contributed by atoms with E-state index >= 15 is 0 Å². The van der Waals surface area contributed by atoms with Gasteiger partial charge in [-0.05, 0) is 49.4 Å². The van der Waals surface area contributed by atoms with E-state index in [4.69, 9.17) is 10.5 Å². The molecule has 1 saturated carbocycles. The first-order valence-electron chi connectivity index (χ1n) is 7.46. The third kappa shape index (κ3) is 5.21. The van der Waals surface area contributed by atoms with Gasteiger partial charge in [0.25, 0.3) is 0 Å². The van der Waals surface area contributed by atoms with E-state index in [1.807, 2.05) is 24.3 Å². The summed E-state index contributed by atoms with van der Waals surface area (Å²) in [7, 11) is 0. The quantitative estimate of drug-likeness (QED) is 0.743. The minimum absolute atomic E-state index is 0.589. The number of hydrogen-bond donors (Lipinski definition) is 1. The van der Waals surface area contributed by atoms with E-state index in [1.165, 1.54) is 32.4 Å². The van der Waals surface area contributed by atoms with Crippen molar-refractivity contribution < 1.29 is 4.74 Å². The monoisotopic (exact) mass is 262 g/mol. The lowest BCUT2D eigenvalue weighted by atomic mass is 10.2. The molecule has 0 saturated heterocycles. The maximum atomic E-state index is 5.80. The molecule has 0 atom stereocenters. The van der Waals surface area contributed by atoms with Crippen molar-refractivity contribution >= 4 is 0 Å². The van der Waals surface area contributed by atoms with Gasteiger partial charge >= 0.3 is 0 Å². The molecule has 2 rings (SSSR count). The van der Waals surface area contributed by atoms with E-state index < -0.39 is 0 Å². The molecule has 0 aliphatic heterocycles. The van der Waals surface area contributed by atoms with Crippen molar-refractivity contribution in [2.75, 3.05) is 26.2 Å². The van der Waals surface area contributed by atoms with Gasteiger partial charge in [0.15, 0.2) is 0 Å². The summed E-state index contributed by atoms with van der Waals surface area (Å²) >= 11 is 0. The highest BCUT2D eigenvalue weighted by molar-refractivity contribution is 5.27. The van der Waals surface area contributed by atoms with E-state index in [0.717, 1.165) is 30.4 Å². The summed E-state index contributed by atoms with van der Waals surface area (Å²) in [5, 5.41) is 0. The molecule has 0 spiro atoms. The fourth-order valence-electron chi connectivity index (χ4n) is 2.29. The predicted octanol–water partition coefficient (Wildman–Crippen LogP) is 2.65. The van der Waals surface area contributed by atoms with Crippen LogP contribution in [0, 0.1) is 5.92 Å². The van der Waals surface area contributed by atoms with Crippen LogP contribution in [0.5, 0.6) is 5.75 Å². The Kier molecular flexibility index (Phi) is 5.67. The number of nitrogens with zero attached hydrogens (tertiary/aromatic N) is 1. The standard InChI is InChI=1S/C16H26N2O/c1-2-9-18(13-15-3-4-15)10-11-19-16-7-5-14(12-17)6-8-16/h5-8,15H,2-4,9-13,17H2,1H3. The van der Waals surface area contributed by atoms with E-state index in [9.17, 15) is 0 Å². The molecule has 3 nitrogen and oxygen atoms in total. The molecule has 0 bridgehead atoms. The zero-order chi connectivity index (χ0) is 13.5. The lowest BCUT2D eigenvalue weighted by Crippen LogP contribution is -2.31. The van der Waals surface area contributed by atoms with Gasteiger partial charge in [-0.25, -0.2) is 0 Å². The highest BCUT2D eigenvalue weighted by atomic mass is 16.5. The Morgan fingerprint density at radius 2 is 1.95 bits per heavy atom. The Hall–Kier alpha value is -1.06. The van der Waals surface area contributed by atoms with E-state index in [-0.39, 0.29) is 0 Å². The highest BCUT2D eigenvalue weighted by Crippen LogP contribution is 2.29. The Morgan fingerprint density at radius 3 is 2.53 bits per heavy atom. The average molecular weight is 262 g/mol. The first-order chi connectivity index (χ1) is 9.31. The maximum Gasteiger partial charge on any atom is 0.119 e. The van der Waals surface area contributed by atoms with Gasteiger partial charge in [-0.2, -0.15) is 0 Å². The summed E-state index contributed by atoms with van der Waals surface area (Å²) in [5.74, 6) is 1.90. The minimum Gasteiger partial charge on any atom is -0.492 e. The van der Waals surface area contributed by atoms with Crippen molar-refractivity contribution in [3.63, 3.8) is 0 Å². The average Bonchev–Trinajstić information content (AvgIpc) is 3.24. The minimum atomic E-state index is 0.589. The van der Waals surface area contributed by atoms with Gasteiger partial charge in [-0.1, -0.05) is 19.1 Å². The molecule has 106 valence electrons. The van der Waals surface area contributed by atoms with Crippen molar-refractivity contribution in [1.82, 2.24) is 4.90 Å². The van der Waals surface area contributed by atoms with Gasteiger partial charge in [0.05, 0.1) is 0 Å². The van der Waals surface area contributed by atoms with Crippen LogP contribution in [0.15, 0.2) is 24.3 Å². The number of benzene rings is 1. The van der Waals surface area contributed by atoms with Crippen molar-refractivity contribution in [1.29, 1.82) is 0 Å². The van der Waals surface area contributed by atoms with Crippen molar-refractivity contribution in [3.8, 4) is 5.75 Å². The van der Waals surface area contributed by atoms with Gasteiger partial charge in [-0.15, -0.1) is 0 Å². The third-order valence-corrected chi connectivity index (χ3v) is 3.59. The molecule has 0 heterocycles. The number of nitrogens with two attached hydrogens (primary N) is 1. The molecular formula is C16H26N2O. The summed E-state index contributed by atoms with van der Waals surface area (Å²) < 4.78 is 5.80. The molecule has 0 aromatic heterocycles. The first kappa shape index (κ1) is 14.4. The Labute approximate surface area is 116 Å². The zero-order valence-electron chi connectivity index (χ0n) is 12.0. The van der Waals surface area contributed by atoms with E-state index in [0.29, 0.717) is 6.54 Å². The van der Waals surface area contributed by atoms with E-state index in [2.05, 4.69) is 11.8 Å². The fraction of sp³-hybridized carbons (Fsp3) is 0.625. The summed E-state index contributed by atoms with van der Waals surface area (Å²) in [4.78, 5) is 2.53. The van der Waals surface area contributed by atoms with Crippen LogP contribution in [-0.2, 0) is 6.54 Å². The molecule has 1 aliphatic rings. The van der Waals surface area contributed by atoms with Crippen molar-refractivity contribution in [2.24, 2.45) is 11.7 Å². The Morgan fingerprint density at radius 1 is 1.21 bits per heavy atom. The molecular weight excluding hydrogens is 236 g/mol. The molecule has 2 N–H and O–H groups in total. The van der Waals surface area contributed by atoms with Crippen LogP contribution in [0.25, 0.3) is 0 Å². The molecule has 19 heavy (non-hydrogen) atoms. The molecule has 3 heteroatoms. The number of hydrogen-bond acceptors (Lipinski definition) is 3. The fourth-order valence-corrected chi connectivity index (χ4v) is 2.29. The summed E-state index contributed by atoms with van der Waals surface area (Å²) in [6, 6.07) is 8.08. The van der Waals surface area contributed by atoms with Gasteiger partial charge in [-0.3, -0.25) is 4.90 Å². The second kappa shape index (κ2) is 7.51. The third-order valence-electron chi connectivity index (χ3n) is 3.59. The summed E-state index contributed by atoms with van der Waals surface area (Å²) in [5.41, 5.74) is 6.72. The first-order valence-corrected chi connectivity index (χ1v) is 7.46. The second-order valence-electron chi connectivity index (χ2n) is 5.44. The lowest BCUT2D eigenvalue weighted by molar-refractivity contribution is 0.203. The van der Waals surface area contributed by atoms with Crippen LogP contribution in [0.1, 0.15) is 31.7 Å². The molecule has 0 unspecified atom stereocenters. The van der Waals surface area contributed by atoms with Crippen LogP contribution < -0.4 is 10.5 Å². The summed E-state index contributed by atoms with van der Waals surface area (Å²) in [6.45, 7) is 7.07. The second-order valence-corrected chi connectivity index (χ2v) is 5.44. The molecule has 0 amide bonds. The summed E-state index contributed by atoms with van der Waals surface area (Å²) in [6.07, 6.45) is 4.06. The van der Waals surface area contributed by atoms with Gasteiger partial charge in [0.1, 0.15) is 12.4 Å². The molecule has 0 radical (unpaired) electrons. The van der Waals surface area contributed by atoms with Crippen LogP contribution in [0.3, 0.4) is 0 Å². The Balaban J connectivity index is 1.70. The van der Waals surface area contributed by atoms with Crippen LogP contribution in [-0.4, -0.2) is 31.1 Å².